The van der Waals surface area contributed by atoms with Gasteiger partial charge >= 0.3 is 0 Å². The van der Waals surface area contributed by atoms with Gasteiger partial charge in [0.25, 0.3) is 0 Å². The zero-order chi connectivity index (χ0) is 11.8. The average molecular weight is 220 g/mol. The van der Waals surface area contributed by atoms with Gasteiger partial charge in [-0.2, -0.15) is 0 Å². The molecule has 0 saturated carbocycles. The molecule has 1 amide bonds. The highest BCUT2D eigenvalue weighted by Gasteiger charge is 2.38. The summed E-state index contributed by atoms with van der Waals surface area (Å²) in [5, 5.41) is 0. The van der Waals surface area contributed by atoms with E-state index in [4.69, 9.17) is 16.2 Å². The summed E-state index contributed by atoms with van der Waals surface area (Å²) in [7, 11) is 1.62. The molecule has 1 atom stereocenters. The van der Waals surface area contributed by atoms with Crippen LogP contribution in [0, 0.1) is 0 Å². The molecule has 1 unspecified atom stereocenters. The van der Waals surface area contributed by atoms with Crippen LogP contribution in [0.3, 0.4) is 0 Å². The van der Waals surface area contributed by atoms with Gasteiger partial charge in [0.05, 0.1) is 7.11 Å². The highest BCUT2D eigenvalue weighted by Crippen LogP contribution is 2.34. The normalized spacial score (nSPS) is 23.6. The first-order valence-corrected chi connectivity index (χ1v) is 5.34. The highest BCUT2D eigenvalue weighted by atomic mass is 16.5. The lowest BCUT2D eigenvalue weighted by molar-refractivity contribution is -0.123. The second kappa shape index (κ2) is 3.79. The van der Waals surface area contributed by atoms with Crippen molar-refractivity contribution in [2.45, 2.75) is 24.8 Å². The maximum Gasteiger partial charge on any atom is 0.242 e. The lowest BCUT2D eigenvalue weighted by atomic mass is 9.76. The molecule has 4 nitrogen and oxygen atoms in total. The number of hydrogen-bond acceptors (Lipinski definition) is 3. The summed E-state index contributed by atoms with van der Waals surface area (Å²) in [5.41, 5.74) is 12.4. The van der Waals surface area contributed by atoms with Gasteiger partial charge in [0.2, 0.25) is 5.91 Å². The molecule has 1 aliphatic carbocycles. The van der Waals surface area contributed by atoms with Crippen molar-refractivity contribution in [3.8, 4) is 5.75 Å². The third-order valence-corrected chi connectivity index (χ3v) is 3.25. The number of nitrogens with two attached hydrogens (primary N) is 2. The minimum Gasteiger partial charge on any atom is -0.497 e. The number of rotatable bonds is 2. The highest BCUT2D eigenvalue weighted by molar-refractivity contribution is 5.86. The van der Waals surface area contributed by atoms with Crippen LogP contribution in [0.4, 0.5) is 0 Å². The van der Waals surface area contributed by atoms with Crippen LogP contribution < -0.4 is 16.2 Å². The van der Waals surface area contributed by atoms with Crippen LogP contribution in [-0.2, 0) is 16.8 Å². The van der Waals surface area contributed by atoms with E-state index in [0.29, 0.717) is 6.42 Å². The van der Waals surface area contributed by atoms with E-state index in [2.05, 4.69) is 0 Å². The molecule has 0 aliphatic heterocycles. The lowest BCUT2D eigenvalue weighted by Gasteiger charge is -2.33. The first-order chi connectivity index (χ1) is 7.58. The molecule has 0 spiro atoms. The Labute approximate surface area is 94.6 Å². The molecule has 0 heterocycles. The lowest BCUT2D eigenvalue weighted by Crippen LogP contribution is -2.51. The minimum absolute atomic E-state index is 0.460. The van der Waals surface area contributed by atoms with Crippen molar-refractivity contribution in [3.63, 3.8) is 0 Å². The van der Waals surface area contributed by atoms with Crippen molar-refractivity contribution in [2.75, 3.05) is 7.11 Å². The molecule has 4 N–H and O–H groups in total. The molecular formula is C12H16N2O2. The largest absolute Gasteiger partial charge is 0.497 e. The van der Waals surface area contributed by atoms with Gasteiger partial charge < -0.3 is 16.2 Å². The minimum atomic E-state index is -1.01. The van der Waals surface area contributed by atoms with E-state index in [-0.39, 0.29) is 0 Å². The van der Waals surface area contributed by atoms with Gasteiger partial charge in [-0.15, -0.1) is 0 Å². The number of aryl methyl sites for hydroxylation is 1. The summed E-state index contributed by atoms with van der Waals surface area (Å²) in [6.45, 7) is 0. The van der Waals surface area contributed by atoms with Gasteiger partial charge in [-0.05, 0) is 42.5 Å². The maximum absolute atomic E-state index is 11.5. The van der Waals surface area contributed by atoms with Crippen LogP contribution >= 0.6 is 0 Å². The number of fused-ring (bicyclic) bond motifs is 1. The number of ether oxygens (including phenoxy) is 1. The maximum atomic E-state index is 11.5. The van der Waals surface area contributed by atoms with Crippen molar-refractivity contribution in [2.24, 2.45) is 11.5 Å². The predicted molar refractivity (Wildman–Crippen MR) is 61.0 cm³/mol. The molecule has 2 rings (SSSR count). The van der Waals surface area contributed by atoms with Crippen molar-refractivity contribution < 1.29 is 9.53 Å². The first kappa shape index (κ1) is 11.0. The van der Waals surface area contributed by atoms with Crippen molar-refractivity contribution in [1.29, 1.82) is 0 Å². The van der Waals surface area contributed by atoms with E-state index in [1.54, 1.807) is 7.11 Å². The quantitative estimate of drug-likeness (QED) is 0.769. The van der Waals surface area contributed by atoms with Crippen molar-refractivity contribution >= 4 is 5.91 Å². The predicted octanol–water partition coefficient (Wildman–Crippen LogP) is 0.671. The number of benzene rings is 1. The Morgan fingerprint density at radius 2 is 2.25 bits per heavy atom. The van der Waals surface area contributed by atoms with Gasteiger partial charge in [-0.3, -0.25) is 4.79 Å². The second-order valence-electron chi connectivity index (χ2n) is 4.21. The Morgan fingerprint density at radius 3 is 2.88 bits per heavy atom. The monoisotopic (exact) mass is 220 g/mol. The Balaban J connectivity index is 2.51. The fourth-order valence-electron chi connectivity index (χ4n) is 2.29. The smallest absolute Gasteiger partial charge is 0.242 e. The van der Waals surface area contributed by atoms with Crippen LogP contribution in [0.15, 0.2) is 18.2 Å². The zero-order valence-corrected chi connectivity index (χ0v) is 9.32. The second-order valence-corrected chi connectivity index (χ2v) is 4.21. The number of amides is 1. The molecule has 1 aromatic rings. The first-order valence-electron chi connectivity index (χ1n) is 5.34. The van der Waals surface area contributed by atoms with E-state index in [0.717, 1.165) is 29.7 Å². The number of methoxy groups -OCH3 is 1. The van der Waals surface area contributed by atoms with Crippen molar-refractivity contribution in [3.05, 3.63) is 29.3 Å². The fraction of sp³-hybridized carbons (Fsp3) is 0.417. The SMILES string of the molecule is COc1ccc2c(c1)CCCC2(N)C(N)=O. The summed E-state index contributed by atoms with van der Waals surface area (Å²) < 4.78 is 5.15. The van der Waals surface area contributed by atoms with E-state index in [9.17, 15) is 4.79 Å². The summed E-state index contributed by atoms with van der Waals surface area (Å²) in [4.78, 5) is 11.5. The Bertz CT molecular complexity index is 431. The third-order valence-electron chi connectivity index (χ3n) is 3.25. The molecule has 1 aliphatic rings. The van der Waals surface area contributed by atoms with Gasteiger partial charge in [-0.1, -0.05) is 6.07 Å². The van der Waals surface area contributed by atoms with E-state index in [1.807, 2.05) is 18.2 Å². The molecule has 0 saturated heterocycles. The standard InChI is InChI=1S/C12H16N2O2/c1-16-9-4-5-10-8(7-9)3-2-6-12(10,14)11(13)15/h4-5,7H,2-3,6,14H2,1H3,(H2,13,15). The van der Waals surface area contributed by atoms with Crippen LogP contribution in [0.2, 0.25) is 0 Å². The Morgan fingerprint density at radius 1 is 1.50 bits per heavy atom. The van der Waals surface area contributed by atoms with Gasteiger partial charge in [-0.25, -0.2) is 0 Å². The molecule has 1 aromatic carbocycles. The van der Waals surface area contributed by atoms with Crippen molar-refractivity contribution in [1.82, 2.24) is 0 Å². The summed E-state index contributed by atoms with van der Waals surface area (Å²) in [6, 6.07) is 5.59. The number of carbonyl (C=O) groups is 1. The van der Waals surface area contributed by atoms with Gasteiger partial charge in [0.15, 0.2) is 0 Å². The molecule has 86 valence electrons. The average Bonchev–Trinajstić information content (AvgIpc) is 2.28. The number of hydrogen-bond donors (Lipinski definition) is 2. The summed E-state index contributed by atoms with van der Waals surface area (Å²) >= 11 is 0. The Kier molecular flexibility index (Phi) is 2.59. The van der Waals surface area contributed by atoms with Crippen LogP contribution in [0.5, 0.6) is 5.75 Å². The van der Waals surface area contributed by atoms with E-state index in [1.165, 1.54) is 0 Å². The summed E-state index contributed by atoms with van der Waals surface area (Å²) in [6.07, 6.45) is 2.40. The molecule has 0 bridgehead atoms. The number of primary amides is 1. The van der Waals surface area contributed by atoms with Gasteiger partial charge in [0, 0.05) is 0 Å². The zero-order valence-electron chi connectivity index (χ0n) is 9.32. The number of carbonyl (C=O) groups excluding carboxylic acids is 1. The van der Waals surface area contributed by atoms with Gasteiger partial charge in [0.1, 0.15) is 11.3 Å². The van der Waals surface area contributed by atoms with E-state index >= 15 is 0 Å². The molecule has 4 heteroatoms. The molecule has 0 radical (unpaired) electrons. The topological polar surface area (TPSA) is 78.3 Å². The Hall–Kier alpha value is -1.55. The van der Waals surface area contributed by atoms with Crippen LogP contribution in [-0.4, -0.2) is 13.0 Å². The van der Waals surface area contributed by atoms with Crippen LogP contribution in [0.25, 0.3) is 0 Å². The molecule has 16 heavy (non-hydrogen) atoms. The van der Waals surface area contributed by atoms with Crippen LogP contribution in [0.1, 0.15) is 24.0 Å². The molecule has 0 fully saturated rings. The fourth-order valence-corrected chi connectivity index (χ4v) is 2.29. The molecule has 0 aromatic heterocycles. The van der Waals surface area contributed by atoms with E-state index < -0.39 is 11.4 Å². The molecular weight excluding hydrogens is 204 g/mol. The summed E-state index contributed by atoms with van der Waals surface area (Å²) in [5.74, 6) is 0.325. The third kappa shape index (κ3) is 1.55.